The Bertz CT molecular complexity index is 1100. The average molecular weight is 425 g/mol. The van der Waals surface area contributed by atoms with Gasteiger partial charge in [-0.3, -0.25) is 9.78 Å². The summed E-state index contributed by atoms with van der Waals surface area (Å²) in [6.07, 6.45) is 2.97. The molecule has 1 aromatic carbocycles. The van der Waals surface area contributed by atoms with Gasteiger partial charge in [-0.25, -0.2) is 13.8 Å². The molecule has 4 rings (SSSR count). The Hall–Kier alpha value is -3.43. The Labute approximate surface area is 177 Å². The van der Waals surface area contributed by atoms with E-state index in [4.69, 9.17) is 5.73 Å². The minimum Gasteiger partial charge on any atom is -0.391 e. The lowest BCUT2D eigenvalue weighted by molar-refractivity contribution is 0.102. The van der Waals surface area contributed by atoms with Gasteiger partial charge >= 0.3 is 0 Å². The molecule has 1 aliphatic rings. The summed E-state index contributed by atoms with van der Waals surface area (Å²) in [5, 5.41) is 12.8. The van der Waals surface area contributed by atoms with Crippen LogP contribution in [-0.4, -0.2) is 46.2 Å². The second-order valence-electron chi connectivity index (χ2n) is 7.41. The Morgan fingerprint density at radius 3 is 2.71 bits per heavy atom. The van der Waals surface area contributed by atoms with Crippen LogP contribution in [0.1, 0.15) is 16.9 Å². The molecule has 2 atom stereocenters. The lowest BCUT2D eigenvalue weighted by Gasteiger charge is -2.36. The molecule has 1 amide bonds. The van der Waals surface area contributed by atoms with Crippen molar-refractivity contribution in [1.82, 2.24) is 9.97 Å². The van der Waals surface area contributed by atoms with Gasteiger partial charge in [0, 0.05) is 30.9 Å². The SMILES string of the molecule is N[C@H]1C[C@@H](O)CN(c2ccncc2NC(=O)c2ccc(F)c(-c3ccccc3F)n2)C1. The molecule has 0 unspecified atom stereocenters. The predicted octanol–water partition coefficient (Wildman–Crippen LogP) is 2.57. The van der Waals surface area contributed by atoms with Crippen molar-refractivity contribution in [2.75, 3.05) is 23.3 Å². The predicted molar refractivity (Wildman–Crippen MR) is 113 cm³/mol. The van der Waals surface area contributed by atoms with Crippen molar-refractivity contribution in [2.45, 2.75) is 18.6 Å². The number of nitrogens with zero attached hydrogens (tertiary/aromatic N) is 3. The molecule has 0 bridgehead atoms. The van der Waals surface area contributed by atoms with Crippen molar-refractivity contribution in [3.63, 3.8) is 0 Å². The van der Waals surface area contributed by atoms with Crippen LogP contribution in [0.5, 0.6) is 0 Å². The number of nitrogens with one attached hydrogen (secondary N) is 1. The molecule has 3 aromatic rings. The van der Waals surface area contributed by atoms with Gasteiger partial charge < -0.3 is 21.1 Å². The van der Waals surface area contributed by atoms with E-state index in [0.717, 1.165) is 6.07 Å². The van der Waals surface area contributed by atoms with E-state index in [1.54, 1.807) is 18.3 Å². The van der Waals surface area contributed by atoms with E-state index in [0.29, 0.717) is 30.9 Å². The number of pyridine rings is 2. The summed E-state index contributed by atoms with van der Waals surface area (Å²) in [6.45, 7) is 0.878. The highest BCUT2D eigenvalue weighted by Gasteiger charge is 2.26. The molecule has 0 radical (unpaired) electrons. The summed E-state index contributed by atoms with van der Waals surface area (Å²) in [7, 11) is 0. The van der Waals surface area contributed by atoms with Gasteiger partial charge in [-0.05, 0) is 36.8 Å². The zero-order valence-corrected chi connectivity index (χ0v) is 16.5. The quantitative estimate of drug-likeness (QED) is 0.594. The van der Waals surface area contributed by atoms with E-state index in [-0.39, 0.29) is 23.0 Å². The summed E-state index contributed by atoms with van der Waals surface area (Å²) in [4.78, 5) is 22.8. The number of rotatable bonds is 4. The smallest absolute Gasteiger partial charge is 0.274 e. The van der Waals surface area contributed by atoms with Crippen molar-refractivity contribution in [3.8, 4) is 11.3 Å². The molecule has 0 spiro atoms. The van der Waals surface area contributed by atoms with E-state index < -0.39 is 23.6 Å². The minimum absolute atomic E-state index is 0.0343. The second kappa shape index (κ2) is 8.75. The third-order valence-electron chi connectivity index (χ3n) is 5.06. The summed E-state index contributed by atoms with van der Waals surface area (Å²) in [6, 6.07) is 9.45. The van der Waals surface area contributed by atoms with Crippen molar-refractivity contribution < 1.29 is 18.7 Å². The molecular weight excluding hydrogens is 404 g/mol. The highest BCUT2D eigenvalue weighted by molar-refractivity contribution is 6.04. The third kappa shape index (κ3) is 4.52. The largest absolute Gasteiger partial charge is 0.391 e. The Kier molecular flexibility index (Phi) is 5.88. The standard InChI is InChI=1S/C22H21F2N5O2/c23-16-4-2-1-3-15(16)21-17(24)5-6-18(27-21)22(31)28-19-10-26-8-7-20(19)29-11-13(25)9-14(30)12-29/h1-8,10,13-14,30H,9,11-12,25H2,(H,28,31)/t13-,14+/m0/s1. The van der Waals surface area contributed by atoms with Crippen LogP contribution in [0.25, 0.3) is 11.3 Å². The van der Waals surface area contributed by atoms with E-state index in [1.807, 2.05) is 4.90 Å². The number of carbonyl (C=O) groups is 1. The summed E-state index contributed by atoms with van der Waals surface area (Å²) >= 11 is 0. The van der Waals surface area contributed by atoms with E-state index in [9.17, 15) is 18.7 Å². The number of halogens is 2. The molecule has 4 N–H and O–H groups in total. The van der Waals surface area contributed by atoms with Gasteiger partial charge in [0.05, 0.1) is 23.7 Å². The number of β-amino-alcohol motifs (C(OH)–C–C–N with tert-alkyl or cyclic N) is 1. The highest BCUT2D eigenvalue weighted by Crippen LogP contribution is 2.28. The minimum atomic E-state index is -0.736. The normalized spacial score (nSPS) is 18.6. The molecule has 1 fully saturated rings. The molecule has 1 saturated heterocycles. The van der Waals surface area contributed by atoms with Gasteiger partial charge in [0.25, 0.3) is 5.91 Å². The molecule has 9 heteroatoms. The monoisotopic (exact) mass is 425 g/mol. The van der Waals surface area contributed by atoms with Crippen LogP contribution in [0.15, 0.2) is 54.9 Å². The molecule has 7 nitrogen and oxygen atoms in total. The Morgan fingerprint density at radius 2 is 1.94 bits per heavy atom. The number of aliphatic hydroxyl groups is 1. The van der Waals surface area contributed by atoms with Crippen LogP contribution in [0.2, 0.25) is 0 Å². The fourth-order valence-electron chi connectivity index (χ4n) is 3.66. The lowest BCUT2D eigenvalue weighted by atomic mass is 10.0. The molecule has 0 aliphatic carbocycles. The lowest BCUT2D eigenvalue weighted by Crippen LogP contribution is -2.49. The first-order valence-electron chi connectivity index (χ1n) is 9.78. The number of carbonyl (C=O) groups excluding carboxylic acids is 1. The highest BCUT2D eigenvalue weighted by atomic mass is 19.1. The molecule has 31 heavy (non-hydrogen) atoms. The van der Waals surface area contributed by atoms with Crippen molar-refractivity contribution in [2.24, 2.45) is 5.73 Å². The van der Waals surface area contributed by atoms with Crippen LogP contribution in [-0.2, 0) is 0 Å². The maximum Gasteiger partial charge on any atom is 0.274 e. The van der Waals surface area contributed by atoms with Crippen LogP contribution >= 0.6 is 0 Å². The second-order valence-corrected chi connectivity index (χ2v) is 7.41. The number of nitrogens with two attached hydrogens (primary N) is 1. The van der Waals surface area contributed by atoms with Gasteiger partial charge in [0.1, 0.15) is 23.0 Å². The van der Waals surface area contributed by atoms with Crippen molar-refractivity contribution in [3.05, 3.63) is 72.2 Å². The van der Waals surface area contributed by atoms with E-state index in [2.05, 4.69) is 15.3 Å². The number of aromatic nitrogens is 2. The summed E-state index contributed by atoms with van der Waals surface area (Å²) in [5.74, 6) is -1.98. The van der Waals surface area contributed by atoms with Crippen molar-refractivity contribution in [1.29, 1.82) is 0 Å². The topological polar surface area (TPSA) is 104 Å². The number of benzene rings is 1. The van der Waals surface area contributed by atoms with E-state index in [1.165, 1.54) is 30.5 Å². The molecule has 0 saturated carbocycles. The third-order valence-corrected chi connectivity index (χ3v) is 5.06. The Morgan fingerprint density at radius 1 is 1.13 bits per heavy atom. The Balaban J connectivity index is 1.61. The number of hydrogen-bond acceptors (Lipinski definition) is 6. The summed E-state index contributed by atoms with van der Waals surface area (Å²) < 4.78 is 28.4. The number of piperidine rings is 1. The van der Waals surface area contributed by atoms with Crippen LogP contribution in [0.3, 0.4) is 0 Å². The molecule has 1 aliphatic heterocycles. The van der Waals surface area contributed by atoms with Gasteiger partial charge in [0.2, 0.25) is 0 Å². The summed E-state index contributed by atoms with van der Waals surface area (Å²) in [5.41, 5.74) is 6.69. The van der Waals surface area contributed by atoms with Gasteiger partial charge in [-0.1, -0.05) is 12.1 Å². The molecule has 3 heterocycles. The average Bonchev–Trinajstić information content (AvgIpc) is 2.74. The van der Waals surface area contributed by atoms with Crippen LogP contribution in [0, 0.1) is 11.6 Å². The number of aliphatic hydroxyl groups excluding tert-OH is 1. The van der Waals surface area contributed by atoms with Gasteiger partial charge in [-0.2, -0.15) is 0 Å². The van der Waals surface area contributed by atoms with Crippen molar-refractivity contribution >= 4 is 17.3 Å². The van der Waals surface area contributed by atoms with Gasteiger partial charge in [0.15, 0.2) is 0 Å². The zero-order chi connectivity index (χ0) is 22.0. The molecule has 160 valence electrons. The van der Waals surface area contributed by atoms with E-state index >= 15 is 0 Å². The first-order valence-corrected chi connectivity index (χ1v) is 9.78. The molecular formula is C22H21F2N5O2. The molecule has 2 aromatic heterocycles. The fourth-order valence-corrected chi connectivity index (χ4v) is 3.66. The number of hydrogen-bond donors (Lipinski definition) is 3. The zero-order valence-electron chi connectivity index (χ0n) is 16.5. The van der Waals surface area contributed by atoms with Crippen LogP contribution < -0.4 is 16.0 Å². The maximum atomic E-state index is 14.3. The first kappa shape index (κ1) is 20.8. The van der Waals surface area contributed by atoms with Crippen LogP contribution in [0.4, 0.5) is 20.2 Å². The maximum absolute atomic E-state index is 14.3. The van der Waals surface area contributed by atoms with Gasteiger partial charge in [-0.15, -0.1) is 0 Å². The first-order chi connectivity index (χ1) is 14.9. The number of anilines is 2. The number of amides is 1. The fraction of sp³-hybridized carbons (Fsp3) is 0.227.